The predicted molar refractivity (Wildman–Crippen MR) is 140 cm³/mol. The molecule has 3 aromatic carbocycles. The smallest absolute Gasteiger partial charge is 0.270 e. The van der Waals surface area contributed by atoms with Gasteiger partial charge in [0, 0.05) is 33.9 Å². The topological polar surface area (TPSA) is 67.6 Å². The molecule has 0 radical (unpaired) electrons. The Labute approximate surface area is 210 Å². The zero-order valence-corrected chi connectivity index (χ0v) is 19.7. The van der Waals surface area contributed by atoms with E-state index in [1.54, 1.807) is 60.7 Å². The van der Waals surface area contributed by atoms with E-state index in [1.165, 1.54) is 16.7 Å². The summed E-state index contributed by atoms with van der Waals surface area (Å²) in [6, 6.07) is 24.7. The third-order valence-electron chi connectivity index (χ3n) is 5.93. The highest BCUT2D eigenvalue weighted by molar-refractivity contribution is 8.27. The number of carbonyl (C=O) groups excluding carboxylic acids is 3. The van der Waals surface area contributed by atoms with Crippen LogP contribution in [0.5, 0.6) is 0 Å². The van der Waals surface area contributed by atoms with Crippen molar-refractivity contribution in [2.45, 2.75) is 0 Å². The molecule has 5 nitrogen and oxygen atoms in total. The largest absolute Gasteiger partial charge is 0.457 e. The number of rotatable bonds is 3. The minimum Gasteiger partial charge on any atom is -0.457 e. The molecular weight excluding hydrogens is 478 g/mol. The lowest BCUT2D eigenvalue weighted by Crippen LogP contribution is -2.27. The SMILES string of the molecule is O=C1c2ccccc2C(=O)c2c1cccc2-c1ccc(/C=C2/SC(=S)N(c3ccccc3)C2=O)o1. The average molecular weight is 494 g/mol. The van der Waals surface area contributed by atoms with Gasteiger partial charge in [0.25, 0.3) is 5.91 Å². The van der Waals surface area contributed by atoms with E-state index in [-0.39, 0.29) is 17.5 Å². The number of amides is 1. The van der Waals surface area contributed by atoms with Gasteiger partial charge in [-0.25, -0.2) is 0 Å². The quantitative estimate of drug-likeness (QED) is 0.223. The van der Waals surface area contributed by atoms with Crippen LogP contribution in [0.2, 0.25) is 0 Å². The zero-order valence-electron chi connectivity index (χ0n) is 18.1. The van der Waals surface area contributed by atoms with E-state index in [1.807, 2.05) is 30.3 Å². The molecular formula is C28H15NO4S2. The Morgan fingerprint density at radius 2 is 1.37 bits per heavy atom. The van der Waals surface area contributed by atoms with Crippen molar-refractivity contribution >= 4 is 57.5 Å². The van der Waals surface area contributed by atoms with Gasteiger partial charge in [0.2, 0.25) is 0 Å². The minimum atomic E-state index is -0.223. The molecule has 7 heteroatoms. The van der Waals surface area contributed by atoms with Crippen LogP contribution in [0.25, 0.3) is 17.4 Å². The van der Waals surface area contributed by atoms with E-state index in [2.05, 4.69) is 0 Å². The Balaban J connectivity index is 1.36. The lowest BCUT2D eigenvalue weighted by molar-refractivity contribution is -0.113. The number of benzene rings is 3. The molecule has 6 rings (SSSR count). The second-order valence-corrected chi connectivity index (χ2v) is 9.66. The number of para-hydroxylation sites is 1. The van der Waals surface area contributed by atoms with Gasteiger partial charge in [-0.2, -0.15) is 0 Å². The van der Waals surface area contributed by atoms with Gasteiger partial charge in [-0.05, 0) is 24.3 Å². The molecule has 0 atom stereocenters. The summed E-state index contributed by atoms with van der Waals surface area (Å²) < 4.78 is 6.47. The molecule has 1 saturated heterocycles. The molecule has 0 N–H and O–H groups in total. The van der Waals surface area contributed by atoms with Crippen molar-refractivity contribution in [3.63, 3.8) is 0 Å². The van der Waals surface area contributed by atoms with Crippen LogP contribution in [0.15, 0.2) is 94.3 Å². The Morgan fingerprint density at radius 3 is 2.14 bits per heavy atom. The summed E-state index contributed by atoms with van der Waals surface area (Å²) in [4.78, 5) is 41.3. The standard InChI is InChI=1S/C28H15NO4S2/c30-25-18-9-4-5-10-19(18)26(31)24-20(11-6-12-21(24)25)22-14-13-17(33-22)15-23-27(32)29(28(34)35-23)16-7-2-1-3-8-16/h1-15H/b23-15+. The van der Waals surface area contributed by atoms with Gasteiger partial charge in [0.05, 0.1) is 10.6 Å². The number of hydrogen-bond donors (Lipinski definition) is 0. The lowest BCUT2D eigenvalue weighted by atomic mass is 9.81. The first-order valence-corrected chi connectivity index (χ1v) is 12.0. The van der Waals surface area contributed by atoms with Gasteiger partial charge >= 0.3 is 0 Å². The van der Waals surface area contributed by atoms with Gasteiger partial charge in [0.1, 0.15) is 11.5 Å². The van der Waals surface area contributed by atoms with Crippen LogP contribution in [0.1, 0.15) is 37.6 Å². The highest BCUT2D eigenvalue weighted by Crippen LogP contribution is 2.38. The summed E-state index contributed by atoms with van der Waals surface area (Å²) >= 11 is 6.63. The number of furan rings is 1. The van der Waals surface area contributed by atoms with Crippen molar-refractivity contribution in [1.82, 2.24) is 0 Å². The number of ketones is 2. The third kappa shape index (κ3) is 3.48. The normalized spacial score (nSPS) is 16.1. The first kappa shape index (κ1) is 21.5. The van der Waals surface area contributed by atoms with Crippen LogP contribution >= 0.6 is 24.0 Å². The molecule has 2 aliphatic rings. The van der Waals surface area contributed by atoms with Crippen molar-refractivity contribution in [3.05, 3.63) is 118 Å². The number of thiocarbonyl (C=S) groups is 1. The van der Waals surface area contributed by atoms with E-state index in [9.17, 15) is 14.4 Å². The molecule has 0 spiro atoms. The fraction of sp³-hybridized carbons (Fsp3) is 0. The lowest BCUT2D eigenvalue weighted by Gasteiger charge is -2.19. The van der Waals surface area contributed by atoms with Gasteiger partial charge in [-0.1, -0.05) is 84.6 Å². The highest BCUT2D eigenvalue weighted by Gasteiger charge is 2.34. The zero-order chi connectivity index (χ0) is 24.1. The number of fused-ring (bicyclic) bond motifs is 2. The van der Waals surface area contributed by atoms with E-state index in [4.69, 9.17) is 16.6 Å². The summed E-state index contributed by atoms with van der Waals surface area (Å²) in [6.07, 6.45) is 1.64. The van der Waals surface area contributed by atoms with Gasteiger partial charge in [-0.3, -0.25) is 19.3 Å². The second-order valence-electron chi connectivity index (χ2n) is 7.99. The monoisotopic (exact) mass is 493 g/mol. The molecule has 0 bridgehead atoms. The molecule has 2 heterocycles. The summed E-state index contributed by atoms with van der Waals surface area (Å²) in [5, 5.41) is 0. The molecule has 168 valence electrons. The van der Waals surface area contributed by atoms with Crippen LogP contribution in [-0.4, -0.2) is 21.8 Å². The molecule has 1 aliphatic carbocycles. The van der Waals surface area contributed by atoms with Crippen molar-refractivity contribution in [3.8, 4) is 11.3 Å². The van der Waals surface area contributed by atoms with Crippen molar-refractivity contribution in [2.24, 2.45) is 0 Å². The summed E-state index contributed by atoms with van der Waals surface area (Å²) in [5.74, 6) is 0.257. The van der Waals surface area contributed by atoms with Crippen molar-refractivity contribution in [1.29, 1.82) is 0 Å². The van der Waals surface area contributed by atoms with Gasteiger partial charge in [0.15, 0.2) is 15.9 Å². The summed E-state index contributed by atoms with van der Waals surface area (Å²) in [5.41, 5.74) is 2.71. The highest BCUT2D eigenvalue weighted by atomic mass is 32.2. The molecule has 1 aromatic heterocycles. The number of anilines is 1. The number of carbonyl (C=O) groups is 3. The van der Waals surface area contributed by atoms with E-state index in [0.717, 1.165) is 0 Å². The molecule has 35 heavy (non-hydrogen) atoms. The summed E-state index contributed by atoms with van der Waals surface area (Å²) in [7, 11) is 0. The van der Waals surface area contributed by atoms with Crippen molar-refractivity contribution < 1.29 is 18.8 Å². The van der Waals surface area contributed by atoms with Crippen molar-refractivity contribution in [2.75, 3.05) is 4.90 Å². The fourth-order valence-corrected chi connectivity index (χ4v) is 5.60. The van der Waals surface area contributed by atoms with E-state index >= 15 is 0 Å². The van der Waals surface area contributed by atoms with Crippen LogP contribution in [0.4, 0.5) is 5.69 Å². The van der Waals surface area contributed by atoms with Gasteiger partial charge in [-0.15, -0.1) is 0 Å². The Morgan fingerprint density at radius 1 is 0.714 bits per heavy atom. The Bertz CT molecular complexity index is 1600. The maximum absolute atomic E-state index is 13.3. The van der Waals surface area contributed by atoms with Crippen LogP contribution < -0.4 is 4.90 Å². The molecule has 0 saturated carbocycles. The number of hydrogen-bond acceptors (Lipinski definition) is 6. The molecule has 4 aromatic rings. The van der Waals surface area contributed by atoms with Gasteiger partial charge < -0.3 is 4.42 Å². The van der Waals surface area contributed by atoms with E-state index < -0.39 is 0 Å². The summed E-state index contributed by atoms with van der Waals surface area (Å²) in [6.45, 7) is 0. The molecule has 1 aliphatic heterocycles. The maximum atomic E-state index is 13.3. The Hall–Kier alpha value is -4.07. The molecule has 0 unspecified atom stereocenters. The number of thioether (sulfide) groups is 1. The first-order valence-electron chi connectivity index (χ1n) is 10.8. The molecule has 1 amide bonds. The maximum Gasteiger partial charge on any atom is 0.270 e. The van der Waals surface area contributed by atoms with Crippen LogP contribution in [0, 0.1) is 0 Å². The fourth-order valence-electron chi connectivity index (χ4n) is 4.32. The van der Waals surface area contributed by atoms with Crippen LogP contribution in [0.3, 0.4) is 0 Å². The molecule has 1 fully saturated rings. The third-order valence-corrected chi connectivity index (χ3v) is 7.23. The van der Waals surface area contributed by atoms with E-state index in [0.29, 0.717) is 54.3 Å². The minimum absolute atomic E-state index is 0.187. The second kappa shape index (κ2) is 8.30. The average Bonchev–Trinajstić information content (AvgIpc) is 3.46. The Kier molecular flexibility index (Phi) is 5.09. The number of nitrogens with zero attached hydrogens (tertiary/aromatic N) is 1. The van der Waals surface area contributed by atoms with Crippen LogP contribution in [-0.2, 0) is 4.79 Å². The first-order chi connectivity index (χ1) is 17.0. The predicted octanol–water partition coefficient (Wildman–Crippen LogP) is 6.13.